The Hall–Kier alpha value is -1.94. The van der Waals surface area contributed by atoms with Crippen LogP contribution < -0.4 is 4.74 Å². The molecule has 1 aliphatic rings. The molecule has 0 radical (unpaired) electrons. The van der Waals surface area contributed by atoms with Crippen molar-refractivity contribution in [1.82, 2.24) is 9.97 Å². The first-order valence-electron chi connectivity index (χ1n) is 7.44. The molecule has 110 valence electrons. The highest BCUT2D eigenvalue weighted by molar-refractivity contribution is 5.55. The van der Waals surface area contributed by atoms with E-state index in [1.165, 1.54) is 12.8 Å². The van der Waals surface area contributed by atoms with Crippen LogP contribution in [-0.2, 0) is 11.3 Å². The predicted octanol–water partition coefficient (Wildman–Crippen LogP) is 3.61. The van der Waals surface area contributed by atoms with Crippen molar-refractivity contribution in [2.45, 2.75) is 38.4 Å². The SMILES string of the molecule is COCc1cc(OC2CCCC2)nc(-c2ccccc2)n1. The van der Waals surface area contributed by atoms with Crippen LogP contribution in [-0.4, -0.2) is 23.2 Å². The molecule has 0 saturated heterocycles. The zero-order valence-electron chi connectivity index (χ0n) is 12.3. The lowest BCUT2D eigenvalue weighted by molar-refractivity contribution is 0.178. The molecule has 0 unspecified atom stereocenters. The highest BCUT2D eigenvalue weighted by Crippen LogP contribution is 2.25. The van der Waals surface area contributed by atoms with Crippen LogP contribution in [0.4, 0.5) is 0 Å². The van der Waals surface area contributed by atoms with Crippen LogP contribution in [0.15, 0.2) is 36.4 Å². The summed E-state index contributed by atoms with van der Waals surface area (Å²) in [7, 11) is 1.67. The average molecular weight is 284 g/mol. The Bertz CT molecular complexity index is 581. The van der Waals surface area contributed by atoms with Gasteiger partial charge in [0.05, 0.1) is 12.3 Å². The van der Waals surface area contributed by atoms with E-state index in [1.807, 2.05) is 36.4 Å². The van der Waals surface area contributed by atoms with Gasteiger partial charge in [-0.2, -0.15) is 4.98 Å². The molecule has 1 heterocycles. The zero-order valence-corrected chi connectivity index (χ0v) is 12.3. The lowest BCUT2D eigenvalue weighted by Gasteiger charge is -2.14. The van der Waals surface area contributed by atoms with Crippen LogP contribution in [0.1, 0.15) is 31.4 Å². The summed E-state index contributed by atoms with van der Waals surface area (Å²) in [6.07, 6.45) is 5.01. The lowest BCUT2D eigenvalue weighted by Crippen LogP contribution is -2.13. The number of hydrogen-bond donors (Lipinski definition) is 0. The van der Waals surface area contributed by atoms with E-state index in [2.05, 4.69) is 9.97 Å². The van der Waals surface area contributed by atoms with Gasteiger partial charge in [0.1, 0.15) is 6.10 Å². The number of aromatic nitrogens is 2. The molecule has 1 aromatic heterocycles. The molecule has 0 aliphatic heterocycles. The molecule has 0 atom stereocenters. The maximum absolute atomic E-state index is 6.02. The molecule has 4 heteroatoms. The maximum atomic E-state index is 6.02. The van der Waals surface area contributed by atoms with Crippen molar-refractivity contribution in [3.63, 3.8) is 0 Å². The quantitative estimate of drug-likeness (QED) is 0.841. The van der Waals surface area contributed by atoms with Crippen molar-refractivity contribution < 1.29 is 9.47 Å². The molecule has 21 heavy (non-hydrogen) atoms. The van der Waals surface area contributed by atoms with Gasteiger partial charge in [-0.05, 0) is 25.7 Å². The monoisotopic (exact) mass is 284 g/mol. The third-order valence-electron chi connectivity index (χ3n) is 3.67. The van der Waals surface area contributed by atoms with E-state index < -0.39 is 0 Å². The third kappa shape index (κ3) is 3.58. The molecule has 0 bridgehead atoms. The van der Waals surface area contributed by atoms with Crippen molar-refractivity contribution >= 4 is 0 Å². The minimum absolute atomic E-state index is 0.291. The Morgan fingerprint density at radius 3 is 2.57 bits per heavy atom. The van der Waals surface area contributed by atoms with Gasteiger partial charge in [0.2, 0.25) is 5.88 Å². The summed E-state index contributed by atoms with van der Waals surface area (Å²) in [6.45, 7) is 0.462. The van der Waals surface area contributed by atoms with Gasteiger partial charge in [-0.25, -0.2) is 4.98 Å². The average Bonchev–Trinajstić information content (AvgIpc) is 3.01. The topological polar surface area (TPSA) is 44.2 Å². The van der Waals surface area contributed by atoms with Gasteiger partial charge in [-0.15, -0.1) is 0 Å². The van der Waals surface area contributed by atoms with Crippen LogP contribution in [0.5, 0.6) is 5.88 Å². The van der Waals surface area contributed by atoms with Gasteiger partial charge in [0.25, 0.3) is 0 Å². The van der Waals surface area contributed by atoms with Gasteiger partial charge in [-0.3, -0.25) is 0 Å². The van der Waals surface area contributed by atoms with Gasteiger partial charge in [-0.1, -0.05) is 30.3 Å². The summed E-state index contributed by atoms with van der Waals surface area (Å²) in [5, 5.41) is 0. The van der Waals surface area contributed by atoms with Crippen molar-refractivity contribution in [2.75, 3.05) is 7.11 Å². The Kier molecular flexibility index (Phi) is 4.46. The van der Waals surface area contributed by atoms with Crippen molar-refractivity contribution in [3.8, 4) is 17.3 Å². The highest BCUT2D eigenvalue weighted by atomic mass is 16.5. The van der Waals surface area contributed by atoms with Crippen molar-refractivity contribution in [1.29, 1.82) is 0 Å². The standard InChI is InChI=1S/C17H20N2O2/c1-20-12-14-11-16(21-15-9-5-6-10-15)19-17(18-14)13-7-3-2-4-8-13/h2-4,7-8,11,15H,5-6,9-10,12H2,1H3. The van der Waals surface area contributed by atoms with E-state index in [0.29, 0.717) is 24.4 Å². The largest absolute Gasteiger partial charge is 0.474 e. The fraction of sp³-hybridized carbons (Fsp3) is 0.412. The van der Waals surface area contributed by atoms with Crippen LogP contribution in [0.2, 0.25) is 0 Å². The highest BCUT2D eigenvalue weighted by Gasteiger charge is 2.18. The number of nitrogens with zero attached hydrogens (tertiary/aromatic N) is 2. The normalized spacial score (nSPS) is 15.3. The summed E-state index contributed by atoms with van der Waals surface area (Å²) in [5.41, 5.74) is 1.84. The number of methoxy groups -OCH3 is 1. The summed E-state index contributed by atoms with van der Waals surface area (Å²) in [6, 6.07) is 11.8. The molecule has 0 N–H and O–H groups in total. The number of benzene rings is 1. The van der Waals surface area contributed by atoms with Gasteiger partial charge < -0.3 is 9.47 Å². The van der Waals surface area contributed by atoms with Crippen LogP contribution in [0.3, 0.4) is 0 Å². The fourth-order valence-electron chi connectivity index (χ4n) is 2.65. The number of hydrogen-bond acceptors (Lipinski definition) is 4. The fourth-order valence-corrected chi connectivity index (χ4v) is 2.65. The molecular weight excluding hydrogens is 264 g/mol. The Labute approximate surface area is 125 Å². The molecule has 2 aromatic rings. The van der Waals surface area contributed by atoms with E-state index in [1.54, 1.807) is 7.11 Å². The van der Waals surface area contributed by atoms with E-state index in [-0.39, 0.29) is 0 Å². The second-order valence-electron chi connectivity index (χ2n) is 5.34. The van der Waals surface area contributed by atoms with Crippen LogP contribution >= 0.6 is 0 Å². The van der Waals surface area contributed by atoms with Gasteiger partial charge in [0.15, 0.2) is 5.82 Å². The second kappa shape index (κ2) is 6.68. The van der Waals surface area contributed by atoms with E-state index >= 15 is 0 Å². The van der Waals surface area contributed by atoms with E-state index in [4.69, 9.17) is 9.47 Å². The van der Waals surface area contributed by atoms with E-state index in [0.717, 1.165) is 24.1 Å². The summed E-state index contributed by atoms with van der Waals surface area (Å²) in [5.74, 6) is 1.35. The Morgan fingerprint density at radius 1 is 1.10 bits per heavy atom. The first-order chi connectivity index (χ1) is 10.3. The predicted molar refractivity (Wildman–Crippen MR) is 81.1 cm³/mol. The molecule has 4 nitrogen and oxygen atoms in total. The third-order valence-corrected chi connectivity index (χ3v) is 3.67. The smallest absolute Gasteiger partial charge is 0.217 e. The van der Waals surface area contributed by atoms with Crippen molar-refractivity contribution in [2.24, 2.45) is 0 Å². The zero-order chi connectivity index (χ0) is 14.5. The van der Waals surface area contributed by atoms with Crippen LogP contribution in [0.25, 0.3) is 11.4 Å². The Balaban J connectivity index is 1.89. The molecule has 1 fully saturated rings. The summed E-state index contributed by atoms with van der Waals surface area (Å²) in [4.78, 5) is 9.11. The van der Waals surface area contributed by atoms with Crippen molar-refractivity contribution in [3.05, 3.63) is 42.1 Å². The lowest BCUT2D eigenvalue weighted by atomic mass is 10.2. The maximum Gasteiger partial charge on any atom is 0.217 e. The second-order valence-corrected chi connectivity index (χ2v) is 5.34. The molecule has 0 amide bonds. The van der Waals surface area contributed by atoms with Crippen LogP contribution in [0, 0.1) is 0 Å². The minimum Gasteiger partial charge on any atom is -0.474 e. The molecule has 1 aliphatic carbocycles. The molecular formula is C17H20N2O2. The molecule has 3 rings (SSSR count). The summed E-state index contributed by atoms with van der Waals surface area (Å²) >= 11 is 0. The van der Waals surface area contributed by atoms with Gasteiger partial charge >= 0.3 is 0 Å². The van der Waals surface area contributed by atoms with E-state index in [9.17, 15) is 0 Å². The molecule has 1 aromatic carbocycles. The molecule has 1 saturated carbocycles. The number of rotatable bonds is 5. The number of ether oxygens (including phenoxy) is 2. The molecule has 0 spiro atoms. The first-order valence-corrected chi connectivity index (χ1v) is 7.44. The minimum atomic E-state index is 0.291. The van der Waals surface area contributed by atoms with Gasteiger partial charge in [0, 0.05) is 18.7 Å². The Morgan fingerprint density at radius 2 is 1.86 bits per heavy atom. The first kappa shape index (κ1) is 14.0. The summed E-state index contributed by atoms with van der Waals surface area (Å²) < 4.78 is 11.2.